The number of aryl methyl sites for hydroxylation is 1. The van der Waals surface area contributed by atoms with Gasteiger partial charge in [0.1, 0.15) is 5.69 Å². The van der Waals surface area contributed by atoms with E-state index in [0.717, 1.165) is 6.07 Å². The predicted molar refractivity (Wildman–Crippen MR) is 107 cm³/mol. The first-order valence-electron chi connectivity index (χ1n) is 10.4. The molecule has 0 radical (unpaired) electrons. The van der Waals surface area contributed by atoms with Crippen LogP contribution in [-0.4, -0.2) is 43.6 Å². The van der Waals surface area contributed by atoms with E-state index in [1.165, 1.54) is 6.20 Å². The maximum atomic E-state index is 13.9. The molecule has 1 amide bonds. The molecule has 1 unspecified atom stereocenters. The van der Waals surface area contributed by atoms with E-state index >= 15 is 0 Å². The zero-order valence-electron chi connectivity index (χ0n) is 17.6. The van der Waals surface area contributed by atoms with Gasteiger partial charge in [0.05, 0.1) is 29.2 Å². The number of pyridine rings is 1. The van der Waals surface area contributed by atoms with Crippen LogP contribution < -0.4 is 0 Å². The van der Waals surface area contributed by atoms with Gasteiger partial charge in [-0.3, -0.25) is 4.79 Å². The lowest BCUT2D eigenvalue weighted by Gasteiger charge is -2.32. The van der Waals surface area contributed by atoms with Crippen molar-refractivity contribution in [3.8, 4) is 0 Å². The zero-order valence-corrected chi connectivity index (χ0v) is 17.6. The van der Waals surface area contributed by atoms with Gasteiger partial charge in [-0.1, -0.05) is 19.0 Å². The Balaban J connectivity index is 1.71. The van der Waals surface area contributed by atoms with Gasteiger partial charge >= 0.3 is 6.18 Å². The van der Waals surface area contributed by atoms with Crippen molar-refractivity contribution in [1.29, 1.82) is 0 Å². The van der Waals surface area contributed by atoms with E-state index in [-0.39, 0.29) is 41.1 Å². The van der Waals surface area contributed by atoms with Crippen LogP contribution in [0, 0.1) is 0 Å². The molecule has 0 bridgehead atoms. The molecular formula is C21H24F3N5O2. The van der Waals surface area contributed by atoms with Crippen LogP contribution in [0.15, 0.2) is 23.1 Å². The highest BCUT2D eigenvalue weighted by molar-refractivity contribution is 5.92. The van der Waals surface area contributed by atoms with Crippen molar-refractivity contribution >= 4 is 17.0 Å². The van der Waals surface area contributed by atoms with Crippen LogP contribution in [0.25, 0.3) is 11.1 Å². The summed E-state index contributed by atoms with van der Waals surface area (Å²) >= 11 is 0. The van der Waals surface area contributed by atoms with Crippen molar-refractivity contribution in [3.05, 3.63) is 41.2 Å². The highest BCUT2D eigenvalue weighted by Crippen LogP contribution is 2.40. The summed E-state index contributed by atoms with van der Waals surface area (Å²) < 4.78 is 48.7. The van der Waals surface area contributed by atoms with Crippen LogP contribution in [0.2, 0.25) is 0 Å². The number of hydrogen-bond donors (Lipinski definition) is 0. The lowest BCUT2D eigenvalue weighted by atomic mass is 9.91. The summed E-state index contributed by atoms with van der Waals surface area (Å²) in [6.45, 7) is 6.86. The SMILES string of the molecule is CCn1cncc1C(=O)N1CCCC(c2noc3nc(C(C)C)cc(C(F)(F)F)c23)C1. The largest absolute Gasteiger partial charge is 0.417 e. The molecule has 4 heterocycles. The van der Waals surface area contributed by atoms with Crippen molar-refractivity contribution < 1.29 is 22.5 Å². The third-order valence-electron chi connectivity index (χ3n) is 5.76. The summed E-state index contributed by atoms with van der Waals surface area (Å²) in [5.74, 6) is -0.747. The molecule has 7 nitrogen and oxygen atoms in total. The molecule has 3 aromatic heterocycles. The van der Waals surface area contributed by atoms with Gasteiger partial charge in [-0.25, -0.2) is 9.97 Å². The van der Waals surface area contributed by atoms with Gasteiger partial charge in [-0.2, -0.15) is 13.2 Å². The molecular weight excluding hydrogens is 411 g/mol. The van der Waals surface area contributed by atoms with E-state index in [1.807, 2.05) is 6.92 Å². The highest BCUT2D eigenvalue weighted by atomic mass is 19.4. The van der Waals surface area contributed by atoms with Crippen LogP contribution in [0.4, 0.5) is 13.2 Å². The van der Waals surface area contributed by atoms with E-state index in [2.05, 4.69) is 15.1 Å². The molecule has 31 heavy (non-hydrogen) atoms. The van der Waals surface area contributed by atoms with Gasteiger partial charge < -0.3 is 14.0 Å². The van der Waals surface area contributed by atoms with E-state index in [0.29, 0.717) is 37.3 Å². The summed E-state index contributed by atoms with van der Waals surface area (Å²) in [5, 5.41) is 3.89. The Kier molecular flexibility index (Phi) is 5.49. The van der Waals surface area contributed by atoms with Crippen LogP contribution in [0.1, 0.15) is 72.9 Å². The number of piperidine rings is 1. The number of fused-ring (bicyclic) bond motifs is 1. The fourth-order valence-electron chi connectivity index (χ4n) is 4.09. The second-order valence-electron chi connectivity index (χ2n) is 8.15. The molecule has 3 aromatic rings. The van der Waals surface area contributed by atoms with Gasteiger partial charge in [0.15, 0.2) is 0 Å². The van der Waals surface area contributed by atoms with Crippen LogP contribution in [-0.2, 0) is 12.7 Å². The molecule has 0 aromatic carbocycles. The predicted octanol–water partition coefficient (Wildman–Crippen LogP) is 4.60. The summed E-state index contributed by atoms with van der Waals surface area (Å²) in [6.07, 6.45) is -0.193. The van der Waals surface area contributed by atoms with E-state index in [9.17, 15) is 18.0 Å². The molecule has 1 atom stereocenters. The second-order valence-corrected chi connectivity index (χ2v) is 8.15. The number of likely N-dealkylation sites (tertiary alicyclic amines) is 1. The third kappa shape index (κ3) is 3.90. The molecule has 166 valence electrons. The molecule has 0 spiro atoms. The number of imidazole rings is 1. The minimum absolute atomic E-state index is 0.102. The first-order chi connectivity index (χ1) is 14.7. The lowest BCUT2D eigenvalue weighted by molar-refractivity contribution is -0.136. The first kappa shape index (κ1) is 21.3. The monoisotopic (exact) mass is 435 g/mol. The smallest absolute Gasteiger partial charge is 0.337 e. The summed E-state index contributed by atoms with van der Waals surface area (Å²) in [4.78, 5) is 22.9. The number of aromatic nitrogens is 4. The van der Waals surface area contributed by atoms with Gasteiger partial charge in [0.2, 0.25) is 0 Å². The average molecular weight is 435 g/mol. The number of hydrogen-bond acceptors (Lipinski definition) is 5. The number of carbonyl (C=O) groups is 1. The third-order valence-corrected chi connectivity index (χ3v) is 5.76. The van der Waals surface area contributed by atoms with Crippen molar-refractivity contribution in [1.82, 2.24) is 24.6 Å². The van der Waals surface area contributed by atoms with Crippen molar-refractivity contribution in [2.24, 2.45) is 0 Å². The van der Waals surface area contributed by atoms with E-state index in [4.69, 9.17) is 4.52 Å². The first-order valence-corrected chi connectivity index (χ1v) is 10.4. The molecule has 0 N–H and O–H groups in total. The van der Waals surface area contributed by atoms with Gasteiger partial charge in [0, 0.05) is 31.2 Å². The van der Waals surface area contributed by atoms with Crippen LogP contribution >= 0.6 is 0 Å². The summed E-state index contributed by atoms with van der Waals surface area (Å²) in [6, 6.07) is 1.08. The minimum Gasteiger partial charge on any atom is -0.337 e. The van der Waals surface area contributed by atoms with Gasteiger partial charge in [0.25, 0.3) is 11.6 Å². The quantitative estimate of drug-likeness (QED) is 0.599. The number of rotatable bonds is 4. The number of alkyl halides is 3. The molecule has 0 saturated carbocycles. The van der Waals surface area contributed by atoms with Crippen LogP contribution in [0.3, 0.4) is 0 Å². The molecule has 1 aliphatic heterocycles. The average Bonchev–Trinajstić information content (AvgIpc) is 3.38. The number of nitrogens with zero attached hydrogens (tertiary/aromatic N) is 5. The molecule has 1 saturated heterocycles. The van der Waals surface area contributed by atoms with Gasteiger partial charge in [-0.05, 0) is 31.7 Å². The fraction of sp³-hybridized carbons (Fsp3) is 0.524. The van der Waals surface area contributed by atoms with Crippen LogP contribution in [0.5, 0.6) is 0 Å². The molecule has 10 heteroatoms. The Labute approximate surface area is 177 Å². The Bertz CT molecular complexity index is 1100. The Hall–Kier alpha value is -2.91. The standard InChI is InChI=1S/C21H24F3N5O2/c1-4-28-11-25-9-16(28)20(30)29-7-5-6-13(10-29)18-17-14(21(22,23)24)8-15(12(2)3)26-19(17)31-27-18/h8-9,11-13H,4-7,10H2,1-3H3. The van der Waals surface area contributed by atoms with Crippen molar-refractivity contribution in [3.63, 3.8) is 0 Å². The number of carbonyl (C=O) groups excluding carboxylic acids is 1. The maximum Gasteiger partial charge on any atom is 0.417 e. The highest BCUT2D eigenvalue weighted by Gasteiger charge is 2.38. The minimum atomic E-state index is -4.57. The van der Waals surface area contributed by atoms with E-state index in [1.54, 1.807) is 29.6 Å². The maximum absolute atomic E-state index is 13.9. The second kappa shape index (κ2) is 7.97. The Morgan fingerprint density at radius 3 is 2.81 bits per heavy atom. The lowest BCUT2D eigenvalue weighted by Crippen LogP contribution is -2.40. The number of halogens is 3. The zero-order chi connectivity index (χ0) is 22.3. The Morgan fingerprint density at radius 2 is 2.13 bits per heavy atom. The fourth-order valence-corrected chi connectivity index (χ4v) is 4.09. The molecule has 0 aliphatic carbocycles. The van der Waals surface area contributed by atoms with E-state index < -0.39 is 11.7 Å². The van der Waals surface area contributed by atoms with Crippen molar-refractivity contribution in [2.75, 3.05) is 13.1 Å². The topological polar surface area (TPSA) is 77.0 Å². The molecule has 1 aliphatic rings. The summed E-state index contributed by atoms with van der Waals surface area (Å²) in [5.41, 5.74) is 0.0841. The molecule has 1 fully saturated rings. The summed E-state index contributed by atoms with van der Waals surface area (Å²) in [7, 11) is 0. The van der Waals surface area contributed by atoms with Crippen molar-refractivity contribution in [2.45, 2.75) is 58.2 Å². The Morgan fingerprint density at radius 1 is 1.35 bits per heavy atom. The number of amides is 1. The van der Waals surface area contributed by atoms with Gasteiger partial charge in [-0.15, -0.1) is 0 Å². The molecule has 4 rings (SSSR count). The normalized spacial score (nSPS) is 17.6.